The molecule has 1 N–H and O–H groups in total. The van der Waals surface area contributed by atoms with E-state index in [1.807, 2.05) is 0 Å². The molecular formula is C13H14F5NO. The number of alkyl halides is 5. The molecule has 1 aromatic rings. The second kappa shape index (κ2) is 5.20. The Morgan fingerprint density at radius 3 is 2.10 bits per heavy atom. The van der Waals surface area contributed by atoms with E-state index in [0.29, 0.717) is 5.56 Å². The van der Waals surface area contributed by atoms with E-state index in [-0.39, 0.29) is 18.6 Å². The third-order valence-electron chi connectivity index (χ3n) is 3.39. The van der Waals surface area contributed by atoms with E-state index in [4.69, 9.17) is 0 Å². The molecule has 1 fully saturated rings. The summed E-state index contributed by atoms with van der Waals surface area (Å²) in [4.78, 5) is 0. The molecule has 0 aliphatic heterocycles. The Bertz CT molecular complexity index is 453. The summed E-state index contributed by atoms with van der Waals surface area (Å²) in [7, 11) is 0. The van der Waals surface area contributed by atoms with Gasteiger partial charge in [-0.2, -0.15) is 22.0 Å². The molecule has 1 aromatic carbocycles. The van der Waals surface area contributed by atoms with Crippen LogP contribution in [0.2, 0.25) is 0 Å². The first-order valence-corrected chi connectivity index (χ1v) is 6.13. The minimum atomic E-state index is -4.28. The van der Waals surface area contributed by atoms with Gasteiger partial charge in [0.25, 0.3) is 0 Å². The maximum atomic E-state index is 12.8. The largest absolute Gasteiger partial charge is 0.435 e. The summed E-state index contributed by atoms with van der Waals surface area (Å²) in [6, 6.07) is 5.04. The quantitative estimate of drug-likeness (QED) is 0.828. The molecule has 0 radical (unpaired) electrons. The highest BCUT2D eigenvalue weighted by molar-refractivity contribution is 5.29. The number of benzene rings is 1. The molecule has 20 heavy (non-hydrogen) atoms. The van der Waals surface area contributed by atoms with E-state index in [1.54, 1.807) is 6.92 Å². The summed E-state index contributed by atoms with van der Waals surface area (Å²) >= 11 is 0. The van der Waals surface area contributed by atoms with Gasteiger partial charge in [-0.1, -0.05) is 12.1 Å². The average molecular weight is 295 g/mol. The lowest BCUT2D eigenvalue weighted by molar-refractivity contribution is -0.167. The van der Waals surface area contributed by atoms with Gasteiger partial charge in [-0.05, 0) is 37.5 Å². The van der Waals surface area contributed by atoms with Gasteiger partial charge >= 0.3 is 12.8 Å². The molecule has 0 amide bonds. The Morgan fingerprint density at radius 1 is 1.15 bits per heavy atom. The van der Waals surface area contributed by atoms with Crippen molar-refractivity contribution in [3.05, 3.63) is 29.8 Å². The van der Waals surface area contributed by atoms with E-state index < -0.39 is 24.4 Å². The molecule has 1 unspecified atom stereocenters. The van der Waals surface area contributed by atoms with Gasteiger partial charge < -0.3 is 4.74 Å². The summed E-state index contributed by atoms with van der Waals surface area (Å²) in [5, 5.41) is 2.57. The molecule has 0 saturated heterocycles. The topological polar surface area (TPSA) is 21.3 Å². The molecule has 2 nitrogen and oxygen atoms in total. The van der Waals surface area contributed by atoms with Crippen LogP contribution in [0.15, 0.2) is 24.3 Å². The number of ether oxygens (including phenoxy) is 1. The van der Waals surface area contributed by atoms with Crippen LogP contribution in [0, 0.1) is 0 Å². The molecule has 0 spiro atoms. The van der Waals surface area contributed by atoms with Crippen molar-refractivity contribution < 1.29 is 26.7 Å². The van der Waals surface area contributed by atoms with Gasteiger partial charge in [-0.15, -0.1) is 0 Å². The summed E-state index contributed by atoms with van der Waals surface area (Å²) in [5.41, 5.74) is -1.22. The Hall–Kier alpha value is -1.37. The van der Waals surface area contributed by atoms with E-state index in [9.17, 15) is 22.0 Å². The highest BCUT2D eigenvalue weighted by Crippen LogP contribution is 2.50. The van der Waals surface area contributed by atoms with Crippen LogP contribution in [0.1, 0.15) is 31.4 Å². The van der Waals surface area contributed by atoms with Gasteiger partial charge in [-0.25, -0.2) is 0 Å². The van der Waals surface area contributed by atoms with Gasteiger partial charge in [0.05, 0.1) is 0 Å². The fourth-order valence-corrected chi connectivity index (χ4v) is 2.07. The minimum absolute atomic E-state index is 0.0205. The monoisotopic (exact) mass is 295 g/mol. The lowest BCUT2D eigenvalue weighted by Crippen LogP contribution is -2.45. The van der Waals surface area contributed by atoms with Crippen molar-refractivity contribution in [2.24, 2.45) is 0 Å². The van der Waals surface area contributed by atoms with Crippen LogP contribution in [0.5, 0.6) is 5.75 Å². The lowest BCUT2D eigenvalue weighted by Gasteiger charge is -2.25. The average Bonchev–Trinajstić information content (AvgIpc) is 3.09. The van der Waals surface area contributed by atoms with Crippen LogP contribution in [0.25, 0.3) is 0 Å². The first-order chi connectivity index (χ1) is 9.23. The highest BCUT2D eigenvalue weighted by Gasteiger charge is 2.63. The van der Waals surface area contributed by atoms with Gasteiger partial charge in [-0.3, -0.25) is 5.32 Å². The van der Waals surface area contributed by atoms with Crippen molar-refractivity contribution in [1.82, 2.24) is 5.32 Å². The van der Waals surface area contributed by atoms with E-state index in [1.165, 1.54) is 24.3 Å². The molecule has 7 heteroatoms. The predicted molar refractivity (Wildman–Crippen MR) is 62.6 cm³/mol. The second-order valence-electron chi connectivity index (χ2n) is 4.89. The molecule has 1 atom stereocenters. The molecule has 1 saturated carbocycles. The Kier molecular flexibility index (Phi) is 3.90. The standard InChI is InChI=1S/C13H14F5NO/c1-8(19-12(6-7-12)13(16,17)18)9-2-4-10(5-3-9)20-11(14)15/h2-5,8,11,19H,6-7H2,1H3. The van der Waals surface area contributed by atoms with Crippen LogP contribution < -0.4 is 10.1 Å². The molecule has 1 aliphatic rings. The number of nitrogens with one attached hydrogen (secondary N) is 1. The summed E-state index contributed by atoms with van der Waals surface area (Å²) in [5.74, 6) is -0.0205. The normalized spacial score (nSPS) is 18.9. The third kappa shape index (κ3) is 3.20. The number of hydrogen-bond acceptors (Lipinski definition) is 2. The second-order valence-corrected chi connectivity index (χ2v) is 4.89. The number of rotatable bonds is 5. The van der Waals surface area contributed by atoms with Crippen molar-refractivity contribution >= 4 is 0 Å². The molecule has 0 heterocycles. The molecule has 2 rings (SSSR count). The van der Waals surface area contributed by atoms with E-state index in [0.717, 1.165) is 0 Å². The Labute approximate surface area is 112 Å². The Morgan fingerprint density at radius 2 is 1.70 bits per heavy atom. The molecule has 0 aromatic heterocycles. The molecular weight excluding hydrogens is 281 g/mol. The van der Waals surface area contributed by atoms with Crippen LogP contribution >= 0.6 is 0 Å². The maximum absolute atomic E-state index is 12.8. The molecule has 0 bridgehead atoms. The highest BCUT2D eigenvalue weighted by atomic mass is 19.4. The smallest absolute Gasteiger partial charge is 0.406 e. The van der Waals surface area contributed by atoms with Crippen LogP contribution in [0.3, 0.4) is 0 Å². The van der Waals surface area contributed by atoms with Gasteiger partial charge in [0, 0.05) is 6.04 Å². The lowest BCUT2D eigenvalue weighted by atomic mass is 10.1. The van der Waals surface area contributed by atoms with Crippen molar-refractivity contribution in [1.29, 1.82) is 0 Å². The first-order valence-electron chi connectivity index (χ1n) is 6.13. The summed E-state index contributed by atoms with van der Waals surface area (Å²) in [6.07, 6.45) is -4.15. The van der Waals surface area contributed by atoms with E-state index in [2.05, 4.69) is 10.1 Å². The predicted octanol–water partition coefficient (Wildman–Crippen LogP) is 4.03. The van der Waals surface area contributed by atoms with Crippen molar-refractivity contribution in [3.63, 3.8) is 0 Å². The van der Waals surface area contributed by atoms with Crippen LogP contribution in [0.4, 0.5) is 22.0 Å². The van der Waals surface area contributed by atoms with Gasteiger partial charge in [0.2, 0.25) is 0 Å². The maximum Gasteiger partial charge on any atom is 0.406 e. The van der Waals surface area contributed by atoms with Crippen LogP contribution in [-0.2, 0) is 0 Å². The zero-order chi connectivity index (χ0) is 15.0. The molecule has 1 aliphatic carbocycles. The summed E-state index contributed by atoms with van der Waals surface area (Å²) in [6.45, 7) is -1.31. The number of halogens is 5. The van der Waals surface area contributed by atoms with E-state index >= 15 is 0 Å². The number of hydrogen-bond donors (Lipinski definition) is 1. The van der Waals surface area contributed by atoms with Gasteiger partial charge in [0.15, 0.2) is 0 Å². The van der Waals surface area contributed by atoms with Gasteiger partial charge in [0.1, 0.15) is 11.3 Å². The summed E-state index contributed by atoms with van der Waals surface area (Å²) < 4.78 is 66.6. The minimum Gasteiger partial charge on any atom is -0.435 e. The van der Waals surface area contributed by atoms with Crippen molar-refractivity contribution in [3.8, 4) is 5.75 Å². The fourth-order valence-electron chi connectivity index (χ4n) is 2.07. The fraction of sp³-hybridized carbons (Fsp3) is 0.538. The SMILES string of the molecule is CC(NC1(C(F)(F)F)CC1)c1ccc(OC(F)F)cc1. The molecule has 112 valence electrons. The zero-order valence-corrected chi connectivity index (χ0v) is 10.7. The first kappa shape index (κ1) is 15.0. The van der Waals surface area contributed by atoms with Crippen molar-refractivity contribution in [2.75, 3.05) is 0 Å². The zero-order valence-electron chi connectivity index (χ0n) is 10.7. The van der Waals surface area contributed by atoms with Crippen molar-refractivity contribution in [2.45, 2.75) is 44.1 Å². The van der Waals surface area contributed by atoms with Crippen LogP contribution in [-0.4, -0.2) is 18.3 Å². The third-order valence-corrected chi connectivity index (χ3v) is 3.39. The Balaban J connectivity index is 2.01.